The molecule has 1 N–H and O–H groups in total. The zero-order valence-corrected chi connectivity index (χ0v) is 8.06. The van der Waals surface area contributed by atoms with E-state index < -0.39 is 0 Å². The van der Waals surface area contributed by atoms with Gasteiger partial charge in [-0.05, 0) is 43.7 Å². The Morgan fingerprint density at radius 1 is 1.00 bits per heavy atom. The Morgan fingerprint density at radius 2 is 1.45 bits per heavy atom. The first-order valence-corrected chi connectivity index (χ1v) is 5.07. The van der Waals surface area contributed by atoms with Gasteiger partial charge in [-0.1, -0.05) is 20.8 Å². The van der Waals surface area contributed by atoms with Gasteiger partial charge in [0.05, 0.1) is 0 Å². The molecule has 0 bridgehead atoms. The van der Waals surface area contributed by atoms with Gasteiger partial charge in [0.2, 0.25) is 0 Å². The molecule has 0 amide bonds. The van der Waals surface area contributed by atoms with Crippen LogP contribution in [-0.2, 0) is 0 Å². The van der Waals surface area contributed by atoms with Crippen LogP contribution in [0.3, 0.4) is 0 Å². The van der Waals surface area contributed by atoms with Crippen LogP contribution in [0.5, 0.6) is 0 Å². The molecule has 1 heteroatoms. The molecule has 1 nitrogen and oxygen atoms in total. The smallest absolute Gasteiger partial charge is 0.00172 e. The van der Waals surface area contributed by atoms with Gasteiger partial charge in [-0.25, -0.2) is 0 Å². The molecule has 1 aliphatic carbocycles. The van der Waals surface area contributed by atoms with Crippen molar-refractivity contribution in [1.29, 1.82) is 0 Å². The van der Waals surface area contributed by atoms with Crippen LogP contribution >= 0.6 is 0 Å². The first-order valence-electron chi connectivity index (χ1n) is 5.07. The van der Waals surface area contributed by atoms with Crippen molar-refractivity contribution in [3.05, 3.63) is 0 Å². The molecular weight excluding hydrogens is 134 g/mol. The van der Waals surface area contributed by atoms with Gasteiger partial charge in [0.1, 0.15) is 0 Å². The highest BCUT2D eigenvalue weighted by molar-refractivity contribution is 4.88. The maximum absolute atomic E-state index is 3.44. The Labute approximate surface area is 70.6 Å². The predicted octanol–water partition coefficient (Wildman–Crippen LogP) is 2.28. The van der Waals surface area contributed by atoms with E-state index >= 15 is 0 Å². The summed E-state index contributed by atoms with van der Waals surface area (Å²) >= 11 is 0. The summed E-state index contributed by atoms with van der Waals surface area (Å²) in [5.74, 6) is 3.10. The second kappa shape index (κ2) is 4.10. The van der Waals surface area contributed by atoms with Gasteiger partial charge in [0.15, 0.2) is 0 Å². The molecule has 1 heterocycles. The predicted molar refractivity (Wildman–Crippen MR) is 49.6 cm³/mol. The fraction of sp³-hybridized carbons (Fsp3) is 1.00. The van der Waals surface area contributed by atoms with Crippen LogP contribution in [0.1, 0.15) is 33.6 Å². The summed E-state index contributed by atoms with van der Waals surface area (Å²) in [6.07, 6.45) is 2.97. The van der Waals surface area contributed by atoms with Crippen LogP contribution in [-0.4, -0.2) is 13.1 Å². The van der Waals surface area contributed by atoms with E-state index in [2.05, 4.69) is 12.2 Å². The van der Waals surface area contributed by atoms with Crippen LogP contribution in [0.4, 0.5) is 0 Å². The fourth-order valence-electron chi connectivity index (χ4n) is 2.47. The third kappa shape index (κ3) is 1.96. The van der Waals surface area contributed by atoms with Crippen molar-refractivity contribution in [2.75, 3.05) is 13.1 Å². The van der Waals surface area contributed by atoms with Crippen LogP contribution < -0.4 is 5.32 Å². The van der Waals surface area contributed by atoms with Crippen molar-refractivity contribution < 1.29 is 0 Å². The van der Waals surface area contributed by atoms with Crippen molar-refractivity contribution in [2.45, 2.75) is 33.6 Å². The van der Waals surface area contributed by atoms with Gasteiger partial charge in [-0.3, -0.25) is 0 Å². The molecule has 1 saturated carbocycles. The Balaban J connectivity index is 0.000000281. The summed E-state index contributed by atoms with van der Waals surface area (Å²) in [6, 6.07) is 0. The molecular formula is C10H21N. The van der Waals surface area contributed by atoms with E-state index in [1.807, 2.05) is 13.8 Å². The van der Waals surface area contributed by atoms with Crippen LogP contribution in [0, 0.1) is 17.8 Å². The first kappa shape index (κ1) is 9.05. The van der Waals surface area contributed by atoms with Gasteiger partial charge in [0, 0.05) is 0 Å². The molecule has 0 spiro atoms. The Kier molecular flexibility index (Phi) is 3.38. The molecule has 2 fully saturated rings. The molecule has 0 aromatic rings. The normalized spacial score (nSPS) is 41.2. The first-order chi connectivity index (χ1) is 5.36. The Bertz CT molecular complexity index is 99.4. The molecule has 0 radical (unpaired) electrons. The maximum atomic E-state index is 3.44. The number of hydrogen-bond donors (Lipinski definition) is 1. The average Bonchev–Trinajstić information content (AvgIpc) is 2.51. The molecule has 0 aromatic carbocycles. The summed E-state index contributed by atoms with van der Waals surface area (Å²) in [4.78, 5) is 0. The molecule has 2 rings (SSSR count). The number of fused-ring (bicyclic) bond motifs is 1. The SMILES string of the molecule is CC.CC1CC2CNCC2C1. The Hall–Kier alpha value is -0.0400. The van der Waals surface area contributed by atoms with E-state index in [0.29, 0.717) is 0 Å². The monoisotopic (exact) mass is 155 g/mol. The summed E-state index contributed by atoms with van der Waals surface area (Å²) in [5, 5.41) is 3.44. The maximum Gasteiger partial charge on any atom is -0.00172 e. The van der Waals surface area contributed by atoms with Crippen molar-refractivity contribution in [2.24, 2.45) is 17.8 Å². The van der Waals surface area contributed by atoms with E-state index in [1.165, 1.54) is 25.9 Å². The van der Waals surface area contributed by atoms with Gasteiger partial charge in [-0.2, -0.15) is 0 Å². The third-order valence-electron chi connectivity index (χ3n) is 2.89. The van der Waals surface area contributed by atoms with Gasteiger partial charge >= 0.3 is 0 Å². The van der Waals surface area contributed by atoms with Gasteiger partial charge in [-0.15, -0.1) is 0 Å². The minimum absolute atomic E-state index is 1.02. The van der Waals surface area contributed by atoms with Crippen molar-refractivity contribution in [3.63, 3.8) is 0 Å². The summed E-state index contributed by atoms with van der Waals surface area (Å²) in [6.45, 7) is 8.99. The Morgan fingerprint density at radius 3 is 1.91 bits per heavy atom. The van der Waals surface area contributed by atoms with Crippen LogP contribution in [0.2, 0.25) is 0 Å². The summed E-state index contributed by atoms with van der Waals surface area (Å²) < 4.78 is 0. The largest absolute Gasteiger partial charge is 0.316 e. The van der Waals surface area contributed by atoms with E-state index in [-0.39, 0.29) is 0 Å². The van der Waals surface area contributed by atoms with Gasteiger partial charge < -0.3 is 5.32 Å². The van der Waals surface area contributed by atoms with Crippen molar-refractivity contribution in [3.8, 4) is 0 Å². The lowest BCUT2D eigenvalue weighted by Gasteiger charge is -2.02. The lowest BCUT2D eigenvalue weighted by molar-refractivity contribution is 0.494. The van der Waals surface area contributed by atoms with Crippen LogP contribution in [0.25, 0.3) is 0 Å². The highest BCUT2D eigenvalue weighted by Gasteiger charge is 2.34. The molecule has 1 saturated heterocycles. The molecule has 0 aromatic heterocycles. The zero-order chi connectivity index (χ0) is 8.27. The van der Waals surface area contributed by atoms with Crippen molar-refractivity contribution in [1.82, 2.24) is 5.32 Å². The highest BCUT2D eigenvalue weighted by atomic mass is 14.9. The van der Waals surface area contributed by atoms with E-state index in [0.717, 1.165) is 17.8 Å². The lowest BCUT2D eigenvalue weighted by atomic mass is 10.0. The second-order valence-electron chi connectivity index (χ2n) is 3.75. The number of rotatable bonds is 0. The van der Waals surface area contributed by atoms with Crippen LogP contribution in [0.15, 0.2) is 0 Å². The average molecular weight is 155 g/mol. The molecule has 11 heavy (non-hydrogen) atoms. The standard InChI is InChI=1S/C8H15N.C2H6/c1-6-2-7-4-9-5-8(7)3-6;1-2/h6-9H,2-5H2,1H3;1-2H3. The molecule has 2 atom stereocenters. The zero-order valence-electron chi connectivity index (χ0n) is 8.06. The molecule has 66 valence electrons. The number of nitrogens with one attached hydrogen (secondary N) is 1. The van der Waals surface area contributed by atoms with Gasteiger partial charge in [0.25, 0.3) is 0 Å². The highest BCUT2D eigenvalue weighted by Crippen LogP contribution is 2.37. The summed E-state index contributed by atoms with van der Waals surface area (Å²) in [5.41, 5.74) is 0. The molecule has 1 aliphatic heterocycles. The fourth-order valence-corrected chi connectivity index (χ4v) is 2.47. The molecule has 2 unspecified atom stereocenters. The quantitative estimate of drug-likeness (QED) is 0.566. The number of hydrogen-bond acceptors (Lipinski definition) is 1. The van der Waals surface area contributed by atoms with E-state index in [4.69, 9.17) is 0 Å². The minimum atomic E-state index is 1.02. The second-order valence-corrected chi connectivity index (χ2v) is 3.75. The molecule has 2 aliphatic rings. The summed E-state index contributed by atoms with van der Waals surface area (Å²) in [7, 11) is 0. The third-order valence-corrected chi connectivity index (χ3v) is 2.89. The van der Waals surface area contributed by atoms with E-state index in [1.54, 1.807) is 0 Å². The topological polar surface area (TPSA) is 12.0 Å². The minimum Gasteiger partial charge on any atom is -0.316 e. The lowest BCUT2D eigenvalue weighted by Crippen LogP contribution is -2.10. The van der Waals surface area contributed by atoms with Crippen molar-refractivity contribution >= 4 is 0 Å². The van der Waals surface area contributed by atoms with E-state index in [9.17, 15) is 0 Å².